The Kier molecular flexibility index (Phi) is 5.23. The molecule has 2 aliphatic heterocycles. The molecule has 0 saturated carbocycles. The normalized spacial score (nSPS) is 19.3. The van der Waals surface area contributed by atoms with Crippen molar-refractivity contribution in [2.45, 2.75) is 26.7 Å². The van der Waals surface area contributed by atoms with Crippen LogP contribution in [0.25, 0.3) is 5.57 Å². The third-order valence-electron chi connectivity index (χ3n) is 5.04. The molecule has 134 valence electrons. The number of carbonyl (C=O) groups excluding carboxylic acids is 2. The molecule has 2 heterocycles. The van der Waals surface area contributed by atoms with Gasteiger partial charge in [-0.1, -0.05) is 43.2 Å². The van der Waals surface area contributed by atoms with Crippen molar-refractivity contribution >= 4 is 17.4 Å². The van der Waals surface area contributed by atoms with E-state index < -0.39 is 0 Å². The molecule has 1 aromatic carbocycles. The van der Waals surface area contributed by atoms with E-state index >= 15 is 0 Å². The Balaban J connectivity index is 1.99. The van der Waals surface area contributed by atoms with Gasteiger partial charge in [0, 0.05) is 32.7 Å². The zero-order valence-electron chi connectivity index (χ0n) is 15.4. The molecule has 25 heavy (non-hydrogen) atoms. The minimum atomic E-state index is -0.142. The summed E-state index contributed by atoms with van der Waals surface area (Å²) in [7, 11) is 2.09. The lowest BCUT2D eigenvalue weighted by molar-refractivity contribution is -0.137. The third-order valence-corrected chi connectivity index (χ3v) is 5.04. The van der Waals surface area contributed by atoms with Crippen LogP contribution >= 0.6 is 0 Å². The van der Waals surface area contributed by atoms with Crippen LogP contribution in [0, 0.1) is 6.92 Å². The smallest absolute Gasteiger partial charge is 0.277 e. The third kappa shape index (κ3) is 3.47. The van der Waals surface area contributed by atoms with E-state index in [4.69, 9.17) is 0 Å². The zero-order valence-corrected chi connectivity index (χ0v) is 15.4. The topological polar surface area (TPSA) is 43.9 Å². The van der Waals surface area contributed by atoms with Gasteiger partial charge in [0.1, 0.15) is 5.70 Å². The van der Waals surface area contributed by atoms with E-state index in [-0.39, 0.29) is 11.8 Å². The Hall–Kier alpha value is -2.14. The number of amides is 2. The number of hydrogen-bond donors (Lipinski definition) is 0. The van der Waals surface area contributed by atoms with Crippen molar-refractivity contribution in [2.24, 2.45) is 0 Å². The Morgan fingerprint density at radius 3 is 2.20 bits per heavy atom. The van der Waals surface area contributed by atoms with Gasteiger partial charge in [0.2, 0.25) is 0 Å². The van der Waals surface area contributed by atoms with Crippen LogP contribution in [0.3, 0.4) is 0 Å². The number of unbranched alkanes of at least 4 members (excludes halogenated alkanes) is 1. The summed E-state index contributed by atoms with van der Waals surface area (Å²) in [5, 5.41) is 0. The second-order valence-corrected chi connectivity index (χ2v) is 7.00. The van der Waals surface area contributed by atoms with Crippen molar-refractivity contribution in [3.8, 4) is 0 Å². The molecule has 0 bridgehead atoms. The van der Waals surface area contributed by atoms with E-state index in [1.807, 2.05) is 31.2 Å². The largest absolute Gasteiger partial charge is 0.364 e. The summed E-state index contributed by atoms with van der Waals surface area (Å²) in [4.78, 5) is 31.9. The van der Waals surface area contributed by atoms with Crippen LogP contribution in [0.4, 0.5) is 0 Å². The molecular weight excluding hydrogens is 314 g/mol. The number of hydrogen-bond acceptors (Lipinski definition) is 4. The first-order valence-electron chi connectivity index (χ1n) is 9.14. The fraction of sp³-hybridized carbons (Fsp3) is 0.500. The lowest BCUT2D eigenvalue weighted by Crippen LogP contribution is -2.46. The number of imide groups is 1. The Labute approximate surface area is 149 Å². The molecule has 3 rings (SSSR count). The molecule has 2 aliphatic rings. The van der Waals surface area contributed by atoms with Crippen molar-refractivity contribution in [3.63, 3.8) is 0 Å². The van der Waals surface area contributed by atoms with Gasteiger partial charge in [-0.15, -0.1) is 0 Å². The van der Waals surface area contributed by atoms with Crippen LogP contribution in [-0.2, 0) is 9.59 Å². The second-order valence-electron chi connectivity index (χ2n) is 7.00. The minimum absolute atomic E-state index is 0.126. The maximum absolute atomic E-state index is 13.0. The fourth-order valence-corrected chi connectivity index (χ4v) is 3.39. The summed E-state index contributed by atoms with van der Waals surface area (Å²) in [6.07, 6.45) is 1.80. The van der Waals surface area contributed by atoms with Crippen molar-refractivity contribution in [1.29, 1.82) is 0 Å². The first-order valence-corrected chi connectivity index (χ1v) is 9.14. The fourth-order valence-electron chi connectivity index (χ4n) is 3.39. The van der Waals surface area contributed by atoms with Gasteiger partial charge in [0.25, 0.3) is 11.8 Å². The molecule has 0 spiro atoms. The van der Waals surface area contributed by atoms with Gasteiger partial charge in [0.15, 0.2) is 0 Å². The van der Waals surface area contributed by atoms with Crippen LogP contribution in [0.5, 0.6) is 0 Å². The van der Waals surface area contributed by atoms with Gasteiger partial charge < -0.3 is 9.80 Å². The molecule has 0 aromatic heterocycles. The summed E-state index contributed by atoms with van der Waals surface area (Å²) < 4.78 is 0. The van der Waals surface area contributed by atoms with Crippen molar-refractivity contribution in [2.75, 3.05) is 39.8 Å². The lowest BCUT2D eigenvalue weighted by atomic mass is 10.0. The molecule has 0 radical (unpaired) electrons. The highest BCUT2D eigenvalue weighted by molar-refractivity contribution is 6.35. The predicted molar refractivity (Wildman–Crippen MR) is 98.8 cm³/mol. The second kappa shape index (κ2) is 7.40. The number of carbonyl (C=O) groups is 2. The van der Waals surface area contributed by atoms with Crippen LogP contribution in [-0.4, -0.2) is 66.3 Å². The summed E-state index contributed by atoms with van der Waals surface area (Å²) in [5.74, 6) is -0.269. The Morgan fingerprint density at radius 1 is 0.960 bits per heavy atom. The lowest BCUT2D eigenvalue weighted by Gasteiger charge is -2.34. The molecule has 0 unspecified atom stereocenters. The van der Waals surface area contributed by atoms with Crippen molar-refractivity contribution < 1.29 is 9.59 Å². The van der Waals surface area contributed by atoms with Gasteiger partial charge in [-0.05, 0) is 26.0 Å². The molecule has 1 saturated heterocycles. The number of rotatable bonds is 5. The van der Waals surface area contributed by atoms with Gasteiger partial charge in [-0.25, -0.2) is 0 Å². The van der Waals surface area contributed by atoms with E-state index in [0.717, 1.165) is 50.1 Å². The molecule has 5 heteroatoms. The summed E-state index contributed by atoms with van der Waals surface area (Å²) in [6.45, 7) is 7.96. The standard InChI is InChI=1S/C20H27N3O2/c1-4-5-10-23-19(24)17(16-8-6-15(2)7-9-16)18(20(23)25)22-13-11-21(3)12-14-22/h6-9H,4-5,10-14H2,1-3H3. The number of piperazine rings is 1. The molecule has 1 fully saturated rings. The Bertz CT molecular complexity index is 685. The molecule has 2 amide bonds. The first-order chi connectivity index (χ1) is 12.0. The van der Waals surface area contributed by atoms with E-state index in [1.54, 1.807) is 0 Å². The molecular formula is C20H27N3O2. The van der Waals surface area contributed by atoms with Crippen LogP contribution in [0.1, 0.15) is 30.9 Å². The molecule has 0 aliphatic carbocycles. The average Bonchev–Trinajstić information content (AvgIpc) is 2.85. The molecule has 5 nitrogen and oxygen atoms in total. The quantitative estimate of drug-likeness (QED) is 0.770. The monoisotopic (exact) mass is 341 g/mol. The number of benzene rings is 1. The van der Waals surface area contributed by atoms with Crippen LogP contribution < -0.4 is 0 Å². The number of likely N-dealkylation sites (N-methyl/N-ethyl adjacent to an activating group) is 1. The molecule has 0 N–H and O–H groups in total. The highest BCUT2D eigenvalue weighted by Crippen LogP contribution is 2.32. The van der Waals surface area contributed by atoms with Gasteiger partial charge in [-0.2, -0.15) is 0 Å². The summed E-state index contributed by atoms with van der Waals surface area (Å²) >= 11 is 0. The van der Waals surface area contributed by atoms with Gasteiger partial charge in [0.05, 0.1) is 5.57 Å². The average molecular weight is 341 g/mol. The summed E-state index contributed by atoms with van der Waals surface area (Å²) in [5.41, 5.74) is 3.16. The summed E-state index contributed by atoms with van der Waals surface area (Å²) in [6, 6.07) is 7.90. The maximum atomic E-state index is 13.0. The van der Waals surface area contributed by atoms with Gasteiger partial charge in [-0.3, -0.25) is 14.5 Å². The minimum Gasteiger partial charge on any atom is -0.364 e. The maximum Gasteiger partial charge on any atom is 0.277 e. The van der Waals surface area contributed by atoms with E-state index in [9.17, 15) is 9.59 Å². The van der Waals surface area contributed by atoms with E-state index in [2.05, 4.69) is 23.8 Å². The van der Waals surface area contributed by atoms with E-state index in [1.165, 1.54) is 4.90 Å². The van der Waals surface area contributed by atoms with E-state index in [0.29, 0.717) is 17.8 Å². The highest BCUT2D eigenvalue weighted by Gasteiger charge is 2.41. The van der Waals surface area contributed by atoms with Gasteiger partial charge >= 0.3 is 0 Å². The van der Waals surface area contributed by atoms with Crippen LogP contribution in [0.15, 0.2) is 30.0 Å². The first kappa shape index (κ1) is 17.7. The molecule has 0 atom stereocenters. The van der Waals surface area contributed by atoms with Crippen LogP contribution in [0.2, 0.25) is 0 Å². The number of aryl methyl sites for hydroxylation is 1. The van der Waals surface area contributed by atoms with Crippen molar-refractivity contribution in [3.05, 3.63) is 41.1 Å². The SMILES string of the molecule is CCCCN1C(=O)C(c2ccc(C)cc2)=C(N2CCN(C)CC2)C1=O. The Morgan fingerprint density at radius 2 is 1.60 bits per heavy atom. The van der Waals surface area contributed by atoms with Crippen molar-refractivity contribution in [1.82, 2.24) is 14.7 Å². The zero-order chi connectivity index (χ0) is 18.0. The number of nitrogens with zero attached hydrogens (tertiary/aromatic N) is 3. The molecule has 1 aromatic rings. The predicted octanol–water partition coefficient (Wildman–Crippen LogP) is 2.12. The highest BCUT2D eigenvalue weighted by atomic mass is 16.2.